The first-order valence-electron chi connectivity index (χ1n) is 12.6. The van der Waals surface area contributed by atoms with E-state index in [1.807, 2.05) is 0 Å². The maximum Gasteiger partial charge on any atom is 0.166 e. The third kappa shape index (κ3) is 5.42. The maximum atomic E-state index is 15.2. The van der Waals surface area contributed by atoms with Crippen LogP contribution in [0.25, 0.3) is 11.1 Å². The number of benzene rings is 2. The molecule has 0 aliphatic heterocycles. The lowest BCUT2D eigenvalue weighted by Crippen LogP contribution is -2.30. The zero-order chi connectivity index (χ0) is 24.1. The first-order valence-corrected chi connectivity index (χ1v) is 12.6. The van der Waals surface area contributed by atoms with Crippen LogP contribution in [0.5, 0.6) is 5.75 Å². The van der Waals surface area contributed by atoms with Gasteiger partial charge in [-0.15, -0.1) is 0 Å². The van der Waals surface area contributed by atoms with E-state index >= 15 is 8.78 Å². The zero-order valence-electron chi connectivity index (χ0n) is 20.0. The van der Waals surface area contributed by atoms with Gasteiger partial charge in [0.05, 0.1) is 0 Å². The predicted octanol–water partition coefficient (Wildman–Crippen LogP) is 8.99. The van der Waals surface area contributed by atoms with Crippen LogP contribution >= 0.6 is 0 Å². The van der Waals surface area contributed by atoms with Crippen molar-refractivity contribution in [3.05, 3.63) is 78.2 Å². The van der Waals surface area contributed by atoms with Gasteiger partial charge in [0.1, 0.15) is 6.61 Å². The Kier molecular flexibility index (Phi) is 8.18. The van der Waals surface area contributed by atoms with Crippen LogP contribution in [0.2, 0.25) is 0 Å². The van der Waals surface area contributed by atoms with E-state index in [1.165, 1.54) is 43.9 Å². The quantitative estimate of drug-likeness (QED) is 0.351. The highest BCUT2D eigenvalue weighted by atomic mass is 19.2. The summed E-state index contributed by atoms with van der Waals surface area (Å²) in [6.07, 6.45) is 15.0. The van der Waals surface area contributed by atoms with Gasteiger partial charge in [0.25, 0.3) is 0 Å². The summed E-state index contributed by atoms with van der Waals surface area (Å²) < 4.78 is 49.9. The largest absolute Gasteiger partial charge is 0.486 e. The van der Waals surface area contributed by atoms with Crippen molar-refractivity contribution in [3.8, 4) is 16.9 Å². The highest BCUT2D eigenvalue weighted by Gasteiger charge is 2.37. The van der Waals surface area contributed by atoms with Crippen molar-refractivity contribution in [1.29, 1.82) is 0 Å². The molecule has 2 aromatic rings. The summed E-state index contributed by atoms with van der Waals surface area (Å²) >= 11 is 0. The van der Waals surface area contributed by atoms with Crippen LogP contribution in [0.3, 0.4) is 0 Å². The van der Waals surface area contributed by atoms with Crippen molar-refractivity contribution in [1.82, 2.24) is 0 Å². The second-order valence-corrected chi connectivity index (χ2v) is 9.93. The fraction of sp³-hybridized carbons (Fsp3) is 0.467. The van der Waals surface area contributed by atoms with E-state index in [2.05, 4.69) is 25.7 Å². The van der Waals surface area contributed by atoms with Crippen LogP contribution in [0.1, 0.15) is 69.8 Å². The molecular formula is C30H35F3O. The highest BCUT2D eigenvalue weighted by molar-refractivity contribution is 5.66. The lowest BCUT2D eigenvalue weighted by atomic mass is 9.63. The molecular weight excluding hydrogens is 433 g/mol. The molecule has 34 heavy (non-hydrogen) atoms. The van der Waals surface area contributed by atoms with Gasteiger partial charge in [0, 0.05) is 5.56 Å². The third-order valence-electron chi connectivity index (χ3n) is 7.85. The van der Waals surface area contributed by atoms with Crippen LogP contribution in [0, 0.1) is 35.2 Å². The van der Waals surface area contributed by atoms with Gasteiger partial charge in [-0.25, -0.2) is 13.2 Å². The molecule has 0 saturated heterocycles. The molecule has 4 unspecified atom stereocenters. The van der Waals surface area contributed by atoms with Gasteiger partial charge >= 0.3 is 0 Å². The molecule has 2 aliphatic rings. The molecule has 2 saturated carbocycles. The molecule has 4 rings (SSSR count). The maximum absolute atomic E-state index is 15.2. The smallest absolute Gasteiger partial charge is 0.166 e. The molecule has 0 heterocycles. The molecule has 2 fully saturated rings. The lowest BCUT2D eigenvalue weighted by molar-refractivity contribution is 0.114. The van der Waals surface area contributed by atoms with Crippen molar-refractivity contribution in [3.63, 3.8) is 0 Å². The topological polar surface area (TPSA) is 9.23 Å². The van der Waals surface area contributed by atoms with E-state index in [0.29, 0.717) is 17.0 Å². The Labute approximate surface area is 201 Å². The van der Waals surface area contributed by atoms with E-state index in [0.717, 1.165) is 37.5 Å². The third-order valence-corrected chi connectivity index (χ3v) is 7.85. The predicted molar refractivity (Wildman–Crippen MR) is 132 cm³/mol. The second kappa shape index (κ2) is 11.3. The molecule has 0 radical (unpaired) electrons. The van der Waals surface area contributed by atoms with E-state index in [-0.39, 0.29) is 23.8 Å². The molecule has 2 aliphatic carbocycles. The molecule has 2 aromatic carbocycles. The summed E-state index contributed by atoms with van der Waals surface area (Å²) in [6.45, 7) is 5.78. The van der Waals surface area contributed by atoms with Gasteiger partial charge in [0.15, 0.2) is 23.2 Å². The first-order chi connectivity index (χ1) is 16.5. The fourth-order valence-electron chi connectivity index (χ4n) is 6.07. The second-order valence-electron chi connectivity index (χ2n) is 9.93. The molecule has 0 N–H and O–H groups in total. The summed E-state index contributed by atoms with van der Waals surface area (Å²) in [5.74, 6) is -0.0435. The molecule has 4 atom stereocenters. The van der Waals surface area contributed by atoms with Gasteiger partial charge in [-0.3, -0.25) is 0 Å². The fourth-order valence-corrected chi connectivity index (χ4v) is 6.07. The summed E-state index contributed by atoms with van der Waals surface area (Å²) in [5, 5.41) is 0. The Morgan fingerprint density at radius 3 is 2.53 bits per heavy atom. The Morgan fingerprint density at radius 2 is 1.76 bits per heavy atom. The first kappa shape index (κ1) is 24.6. The minimum Gasteiger partial charge on any atom is -0.486 e. The van der Waals surface area contributed by atoms with Gasteiger partial charge in [-0.05, 0) is 98.8 Å². The normalized spacial score (nSPS) is 24.7. The minimum absolute atomic E-state index is 0.0517. The lowest BCUT2D eigenvalue weighted by Gasteiger charge is -2.42. The van der Waals surface area contributed by atoms with E-state index < -0.39 is 17.5 Å². The summed E-state index contributed by atoms with van der Waals surface area (Å²) in [7, 11) is 0. The zero-order valence-corrected chi connectivity index (χ0v) is 20.0. The summed E-state index contributed by atoms with van der Waals surface area (Å²) in [4.78, 5) is 0. The Hall–Kier alpha value is -2.49. The van der Waals surface area contributed by atoms with Crippen LogP contribution in [0.15, 0.2) is 55.1 Å². The van der Waals surface area contributed by atoms with Crippen molar-refractivity contribution < 1.29 is 17.9 Å². The molecule has 182 valence electrons. The molecule has 0 bridgehead atoms. The van der Waals surface area contributed by atoms with E-state index in [4.69, 9.17) is 4.74 Å². The summed E-state index contributed by atoms with van der Waals surface area (Å²) in [5.41, 5.74) is 0.846. The monoisotopic (exact) mass is 468 g/mol. The van der Waals surface area contributed by atoms with Crippen molar-refractivity contribution in [2.75, 3.05) is 6.61 Å². The average Bonchev–Trinajstić information content (AvgIpc) is 2.85. The van der Waals surface area contributed by atoms with Crippen LogP contribution in [0.4, 0.5) is 13.2 Å². The van der Waals surface area contributed by atoms with Crippen molar-refractivity contribution in [2.45, 2.75) is 64.2 Å². The summed E-state index contributed by atoms with van der Waals surface area (Å²) in [6, 6.07) is 7.49. The van der Waals surface area contributed by atoms with Gasteiger partial charge in [-0.1, -0.05) is 49.4 Å². The molecule has 0 spiro atoms. The molecule has 4 heteroatoms. The van der Waals surface area contributed by atoms with Gasteiger partial charge < -0.3 is 4.74 Å². The Balaban J connectivity index is 1.45. The van der Waals surface area contributed by atoms with Gasteiger partial charge in [0.2, 0.25) is 0 Å². The number of hydrogen-bond acceptors (Lipinski definition) is 1. The van der Waals surface area contributed by atoms with Crippen molar-refractivity contribution >= 4 is 0 Å². The van der Waals surface area contributed by atoms with E-state index in [1.54, 1.807) is 18.2 Å². The van der Waals surface area contributed by atoms with Crippen LogP contribution in [-0.2, 0) is 0 Å². The molecule has 1 nitrogen and oxygen atoms in total. The van der Waals surface area contributed by atoms with Crippen molar-refractivity contribution in [2.24, 2.45) is 17.8 Å². The molecule has 0 amide bonds. The standard InChI is InChI=1S/C30H35F3O/c1-3-5-6-7-20-8-9-22-18-23(11-10-21(22)17-20)25-13-14-26(30(33)29(25)32)24-12-15-28(27(31)19-24)34-16-4-2/h3-5,12-15,19-23H,2,6-11,16-18H2,1H3/b5-3+. The van der Waals surface area contributed by atoms with Gasteiger partial charge in [-0.2, -0.15) is 0 Å². The number of ether oxygens (including phenoxy) is 1. The highest BCUT2D eigenvalue weighted by Crippen LogP contribution is 2.49. The molecule has 0 aromatic heterocycles. The van der Waals surface area contributed by atoms with Crippen LogP contribution in [-0.4, -0.2) is 6.61 Å². The number of hydrogen-bond donors (Lipinski definition) is 0. The average molecular weight is 469 g/mol. The Bertz CT molecular complexity index is 1030. The number of fused-ring (bicyclic) bond motifs is 1. The number of allylic oxidation sites excluding steroid dienone is 2. The van der Waals surface area contributed by atoms with Crippen LogP contribution < -0.4 is 4.74 Å². The number of rotatable bonds is 8. The van der Waals surface area contributed by atoms with E-state index in [9.17, 15) is 4.39 Å². The SMILES string of the molecule is C=CCOc1ccc(-c2ccc(C3CCC4CC(CC/C=C/C)CCC4C3)c(F)c2F)cc1F. The number of halogens is 3. The minimum atomic E-state index is -0.897. The Morgan fingerprint density at radius 1 is 0.971 bits per heavy atom.